The number of fused-ring (bicyclic) bond motifs is 2. The Balaban J connectivity index is 1.76. The highest BCUT2D eigenvalue weighted by Crippen LogP contribution is 2.68. The third kappa shape index (κ3) is 2.64. The van der Waals surface area contributed by atoms with Crippen LogP contribution in [0, 0.1) is 23.7 Å². The maximum absolute atomic E-state index is 12.3. The lowest BCUT2D eigenvalue weighted by Gasteiger charge is -2.45. The molecule has 0 heterocycles. The Labute approximate surface area is 149 Å². The Morgan fingerprint density at radius 3 is 2.28 bits per heavy atom. The van der Waals surface area contributed by atoms with Gasteiger partial charge in [-0.25, -0.2) is 17.9 Å². The lowest BCUT2D eigenvalue weighted by molar-refractivity contribution is -0.104. The number of carbonyl (C=O) groups is 1. The molecular formula is C18H26N2O4S. The number of aryl methyl sites for hydroxylation is 1. The smallest absolute Gasteiger partial charge is 0.330 e. The Hall–Kier alpha value is -1.60. The van der Waals surface area contributed by atoms with E-state index in [9.17, 15) is 18.3 Å². The van der Waals surface area contributed by atoms with Crippen LogP contribution in [0.25, 0.3) is 0 Å². The van der Waals surface area contributed by atoms with E-state index in [4.69, 9.17) is 0 Å². The normalized spacial score (nSPS) is 33.2. The Kier molecular flexibility index (Phi) is 3.96. The molecule has 3 unspecified atom stereocenters. The fourth-order valence-electron chi connectivity index (χ4n) is 4.58. The van der Waals surface area contributed by atoms with E-state index in [-0.39, 0.29) is 10.3 Å². The van der Waals surface area contributed by atoms with E-state index >= 15 is 0 Å². The van der Waals surface area contributed by atoms with Crippen molar-refractivity contribution in [3.8, 4) is 0 Å². The van der Waals surface area contributed by atoms with Gasteiger partial charge in [-0.1, -0.05) is 38.5 Å². The number of sulfonamides is 1. The van der Waals surface area contributed by atoms with Crippen LogP contribution in [0.15, 0.2) is 29.2 Å². The molecule has 0 spiro atoms. The van der Waals surface area contributed by atoms with E-state index in [1.165, 1.54) is 12.1 Å². The molecule has 6 nitrogen and oxygen atoms in total. The van der Waals surface area contributed by atoms with Crippen LogP contribution in [0.1, 0.15) is 45.6 Å². The molecule has 3 atom stereocenters. The first-order valence-electron chi connectivity index (χ1n) is 8.55. The molecule has 138 valence electrons. The van der Waals surface area contributed by atoms with Crippen molar-refractivity contribution in [2.24, 2.45) is 16.7 Å². The van der Waals surface area contributed by atoms with Crippen molar-refractivity contribution in [3.05, 3.63) is 29.8 Å². The van der Waals surface area contributed by atoms with Gasteiger partial charge in [-0.2, -0.15) is 0 Å². The number of rotatable bonds is 3. The lowest BCUT2D eigenvalue weighted by Crippen LogP contribution is -2.61. The Morgan fingerprint density at radius 1 is 1.20 bits per heavy atom. The van der Waals surface area contributed by atoms with Crippen molar-refractivity contribution in [2.75, 3.05) is 0 Å². The molecule has 2 saturated carbocycles. The van der Waals surface area contributed by atoms with Crippen LogP contribution >= 0.6 is 0 Å². The Morgan fingerprint density at radius 2 is 1.80 bits per heavy atom. The average molecular weight is 366 g/mol. The van der Waals surface area contributed by atoms with Crippen molar-refractivity contribution in [1.29, 1.82) is 0 Å². The standard InChI is InChI=1S/C18H26N2O4S/c1-12-5-7-14(8-6-12)25(23,24)20-15(21)19-18(22)11-13-9-10-17(18,4)16(13,2)3/h5-8,13,22H,9-11H2,1-4H3,(H2,19,20,21). The van der Waals surface area contributed by atoms with Gasteiger partial charge < -0.3 is 10.4 Å². The summed E-state index contributed by atoms with van der Waals surface area (Å²) in [6.07, 6.45) is 2.25. The molecule has 0 saturated heterocycles. The van der Waals surface area contributed by atoms with Gasteiger partial charge in [-0.15, -0.1) is 0 Å². The molecular weight excluding hydrogens is 340 g/mol. The first-order valence-corrected chi connectivity index (χ1v) is 10.0. The molecule has 2 bridgehead atoms. The minimum absolute atomic E-state index is 0.0136. The summed E-state index contributed by atoms with van der Waals surface area (Å²) in [5, 5.41) is 13.6. The second-order valence-corrected chi connectivity index (χ2v) is 9.91. The van der Waals surface area contributed by atoms with Crippen molar-refractivity contribution in [2.45, 2.75) is 57.6 Å². The van der Waals surface area contributed by atoms with E-state index in [1.54, 1.807) is 12.1 Å². The van der Waals surface area contributed by atoms with Gasteiger partial charge in [0.05, 0.1) is 4.90 Å². The molecule has 2 aliphatic rings. The summed E-state index contributed by atoms with van der Waals surface area (Å²) in [7, 11) is -3.98. The maximum atomic E-state index is 12.3. The van der Waals surface area contributed by atoms with Gasteiger partial charge in [0.2, 0.25) is 0 Å². The topological polar surface area (TPSA) is 95.5 Å². The lowest BCUT2D eigenvalue weighted by atomic mass is 9.67. The summed E-state index contributed by atoms with van der Waals surface area (Å²) < 4.78 is 26.7. The summed E-state index contributed by atoms with van der Waals surface area (Å²) in [6, 6.07) is 5.33. The van der Waals surface area contributed by atoms with E-state index in [0.717, 1.165) is 18.4 Å². The molecule has 25 heavy (non-hydrogen) atoms. The zero-order chi connectivity index (χ0) is 18.7. The largest absolute Gasteiger partial charge is 0.370 e. The molecule has 0 radical (unpaired) electrons. The molecule has 3 N–H and O–H groups in total. The van der Waals surface area contributed by atoms with Gasteiger partial charge in [-0.05, 0) is 49.7 Å². The highest BCUT2D eigenvalue weighted by Gasteiger charge is 2.69. The number of amides is 2. The molecule has 2 fully saturated rings. The second-order valence-electron chi connectivity index (χ2n) is 8.23. The fraction of sp³-hybridized carbons (Fsp3) is 0.611. The molecule has 7 heteroatoms. The summed E-state index contributed by atoms with van der Waals surface area (Å²) >= 11 is 0. The van der Waals surface area contributed by atoms with Gasteiger partial charge in [0.15, 0.2) is 0 Å². The number of benzene rings is 1. The van der Waals surface area contributed by atoms with Gasteiger partial charge in [0, 0.05) is 5.41 Å². The Bertz CT molecular complexity index is 803. The van der Waals surface area contributed by atoms with Crippen molar-refractivity contribution < 1.29 is 18.3 Å². The summed E-state index contributed by atoms with van der Waals surface area (Å²) in [5.74, 6) is 0.302. The van der Waals surface area contributed by atoms with Gasteiger partial charge in [0.1, 0.15) is 5.72 Å². The monoisotopic (exact) mass is 366 g/mol. The van der Waals surface area contributed by atoms with Gasteiger partial charge in [0.25, 0.3) is 10.0 Å². The molecule has 0 aliphatic heterocycles. The molecule has 1 aromatic carbocycles. The number of carbonyl (C=O) groups excluding carboxylic acids is 1. The quantitative estimate of drug-likeness (QED) is 0.716. The zero-order valence-electron chi connectivity index (χ0n) is 15.1. The number of hydrogen-bond donors (Lipinski definition) is 3. The number of urea groups is 1. The first-order chi connectivity index (χ1) is 11.4. The van der Waals surface area contributed by atoms with Crippen LogP contribution < -0.4 is 10.0 Å². The summed E-state index contributed by atoms with van der Waals surface area (Å²) in [4.78, 5) is 12.3. The number of nitrogens with one attached hydrogen (secondary N) is 2. The SMILES string of the molecule is Cc1ccc(S(=O)(=O)NC(=O)NC2(O)CC3CCC2(C)C3(C)C)cc1. The van der Waals surface area contributed by atoms with E-state index < -0.39 is 27.2 Å². The highest BCUT2D eigenvalue weighted by atomic mass is 32.2. The van der Waals surface area contributed by atoms with Gasteiger partial charge in [-0.3, -0.25) is 0 Å². The number of hydrogen-bond acceptors (Lipinski definition) is 4. The number of aliphatic hydroxyl groups is 1. The molecule has 2 aliphatic carbocycles. The molecule has 2 amide bonds. The third-order valence-electron chi connectivity index (χ3n) is 6.77. The molecule has 1 aromatic rings. The second kappa shape index (κ2) is 5.45. The van der Waals surface area contributed by atoms with Crippen molar-refractivity contribution in [1.82, 2.24) is 10.0 Å². The minimum Gasteiger partial charge on any atom is -0.370 e. The fourth-order valence-corrected chi connectivity index (χ4v) is 5.48. The average Bonchev–Trinajstić information content (AvgIpc) is 2.78. The van der Waals surface area contributed by atoms with Crippen LogP contribution in [-0.4, -0.2) is 25.3 Å². The highest BCUT2D eigenvalue weighted by molar-refractivity contribution is 7.90. The van der Waals surface area contributed by atoms with Crippen LogP contribution in [0.3, 0.4) is 0 Å². The first kappa shape index (κ1) is 18.2. The van der Waals surface area contributed by atoms with E-state index in [2.05, 4.69) is 19.2 Å². The van der Waals surface area contributed by atoms with Crippen LogP contribution in [0.2, 0.25) is 0 Å². The predicted octanol–water partition coefficient (Wildman–Crippen LogP) is 2.52. The van der Waals surface area contributed by atoms with Gasteiger partial charge >= 0.3 is 6.03 Å². The van der Waals surface area contributed by atoms with Crippen molar-refractivity contribution in [3.63, 3.8) is 0 Å². The summed E-state index contributed by atoms with van der Waals surface area (Å²) in [6.45, 7) is 8.02. The van der Waals surface area contributed by atoms with Crippen LogP contribution in [-0.2, 0) is 10.0 Å². The maximum Gasteiger partial charge on any atom is 0.330 e. The minimum atomic E-state index is -3.98. The molecule has 3 rings (SSSR count). The third-order valence-corrected chi connectivity index (χ3v) is 8.12. The van der Waals surface area contributed by atoms with Crippen molar-refractivity contribution >= 4 is 16.1 Å². The van der Waals surface area contributed by atoms with E-state index in [0.29, 0.717) is 12.3 Å². The zero-order valence-corrected chi connectivity index (χ0v) is 15.9. The predicted molar refractivity (Wildman–Crippen MR) is 94.2 cm³/mol. The summed E-state index contributed by atoms with van der Waals surface area (Å²) in [5.41, 5.74) is -1.10. The van der Waals surface area contributed by atoms with Crippen LogP contribution in [0.4, 0.5) is 4.79 Å². The molecule has 0 aromatic heterocycles. The van der Waals surface area contributed by atoms with E-state index in [1.807, 2.05) is 18.6 Å². The van der Waals surface area contributed by atoms with Crippen LogP contribution in [0.5, 0.6) is 0 Å².